The summed E-state index contributed by atoms with van der Waals surface area (Å²) in [7, 11) is 0. The smallest absolute Gasteiger partial charge is 0.303 e. The molecule has 1 aromatic heterocycles. The van der Waals surface area contributed by atoms with Gasteiger partial charge in [-0.2, -0.15) is 0 Å². The minimum absolute atomic E-state index is 0.0829. The molecule has 2 aromatic rings. The molecule has 6 nitrogen and oxygen atoms in total. The Bertz CT molecular complexity index is 801. The Morgan fingerprint density at radius 2 is 1.92 bits per heavy atom. The lowest BCUT2D eigenvalue weighted by atomic mass is 9.93. The van der Waals surface area contributed by atoms with Crippen molar-refractivity contribution < 1.29 is 14.7 Å². The van der Waals surface area contributed by atoms with Gasteiger partial charge in [-0.1, -0.05) is 18.2 Å². The predicted molar refractivity (Wildman–Crippen MR) is 90.4 cm³/mol. The van der Waals surface area contributed by atoms with Crippen LogP contribution in [0.3, 0.4) is 0 Å². The monoisotopic (exact) mass is 325 g/mol. The highest BCUT2D eigenvalue weighted by Gasteiger charge is 2.26. The zero-order valence-corrected chi connectivity index (χ0v) is 13.2. The van der Waals surface area contributed by atoms with Gasteiger partial charge in [-0.25, -0.2) is 9.97 Å². The summed E-state index contributed by atoms with van der Waals surface area (Å²) < 4.78 is 0. The van der Waals surface area contributed by atoms with E-state index in [1.807, 2.05) is 36.4 Å². The molecule has 2 N–H and O–H groups in total. The van der Waals surface area contributed by atoms with Crippen LogP contribution in [0.15, 0.2) is 30.3 Å². The fraction of sp³-hybridized carbons (Fsp3) is 0.333. The molecule has 0 spiro atoms. The van der Waals surface area contributed by atoms with Crippen molar-refractivity contribution in [1.29, 1.82) is 0 Å². The third kappa shape index (κ3) is 3.59. The van der Waals surface area contributed by atoms with E-state index in [9.17, 15) is 9.59 Å². The van der Waals surface area contributed by atoms with Crippen LogP contribution in [-0.2, 0) is 9.59 Å². The number of carbonyl (C=O) groups excluding carboxylic acids is 1. The number of carboxylic acids is 1. The lowest BCUT2D eigenvalue weighted by Gasteiger charge is -2.20. The number of allylic oxidation sites excluding steroid dienone is 1. The molecule has 0 saturated heterocycles. The maximum atomic E-state index is 12.5. The van der Waals surface area contributed by atoms with Crippen molar-refractivity contribution >= 4 is 29.0 Å². The number of para-hydroxylation sites is 2. The topological polar surface area (TPSA) is 92.2 Å². The van der Waals surface area contributed by atoms with Crippen LogP contribution >= 0.6 is 0 Å². The van der Waals surface area contributed by atoms with Gasteiger partial charge < -0.3 is 10.4 Å². The van der Waals surface area contributed by atoms with Crippen molar-refractivity contribution in [2.75, 3.05) is 6.54 Å². The summed E-state index contributed by atoms with van der Waals surface area (Å²) in [6.45, 7) is 0.475. The second-order valence-electron chi connectivity index (χ2n) is 5.82. The van der Waals surface area contributed by atoms with Crippen molar-refractivity contribution in [2.45, 2.75) is 31.6 Å². The number of aromatic nitrogens is 2. The second kappa shape index (κ2) is 7.21. The Morgan fingerprint density at radius 3 is 2.67 bits per heavy atom. The van der Waals surface area contributed by atoms with Gasteiger partial charge in [-0.05, 0) is 37.5 Å². The van der Waals surface area contributed by atoms with Crippen molar-refractivity contribution in [2.24, 2.45) is 0 Å². The molecule has 0 fully saturated rings. The number of nitrogens with one attached hydrogen (secondary N) is 1. The molecule has 1 heterocycles. The Kier molecular flexibility index (Phi) is 4.84. The van der Waals surface area contributed by atoms with Gasteiger partial charge >= 0.3 is 5.97 Å². The fourth-order valence-corrected chi connectivity index (χ4v) is 2.80. The van der Waals surface area contributed by atoms with Gasteiger partial charge in [0.25, 0.3) is 0 Å². The average molecular weight is 325 g/mol. The number of aliphatic carboxylic acids is 1. The maximum Gasteiger partial charge on any atom is 0.303 e. The van der Waals surface area contributed by atoms with Crippen LogP contribution in [0.5, 0.6) is 0 Å². The number of carboxylic acid groups (broad SMARTS) is 1. The zero-order valence-electron chi connectivity index (χ0n) is 13.2. The molecule has 1 aliphatic carbocycles. The lowest BCUT2D eigenvalue weighted by molar-refractivity contribution is -0.137. The highest BCUT2D eigenvalue weighted by molar-refractivity contribution is 5.86. The molecule has 0 aliphatic heterocycles. The van der Waals surface area contributed by atoms with Gasteiger partial charge in [-0.15, -0.1) is 0 Å². The molecule has 1 aliphatic rings. The van der Waals surface area contributed by atoms with Gasteiger partial charge in [0.15, 0.2) is 0 Å². The Morgan fingerprint density at radius 1 is 1.17 bits per heavy atom. The van der Waals surface area contributed by atoms with Crippen LogP contribution in [0.4, 0.5) is 0 Å². The Labute approximate surface area is 139 Å². The second-order valence-corrected chi connectivity index (χ2v) is 5.82. The number of rotatable bonds is 6. The van der Waals surface area contributed by atoms with Gasteiger partial charge in [0, 0.05) is 13.0 Å². The first-order valence-electron chi connectivity index (χ1n) is 8.08. The molecule has 0 bridgehead atoms. The van der Waals surface area contributed by atoms with Crippen LogP contribution in [-0.4, -0.2) is 33.5 Å². The average Bonchev–Trinajstić information content (AvgIpc) is 2.58. The summed E-state index contributed by atoms with van der Waals surface area (Å²) in [6, 6.07) is 7.61. The first kappa shape index (κ1) is 16.1. The molecule has 3 rings (SSSR count). The highest BCUT2D eigenvalue weighted by atomic mass is 16.4. The van der Waals surface area contributed by atoms with E-state index in [1.165, 1.54) is 0 Å². The van der Waals surface area contributed by atoms with E-state index >= 15 is 0 Å². The van der Waals surface area contributed by atoms with E-state index in [1.54, 1.807) is 0 Å². The molecule has 24 heavy (non-hydrogen) atoms. The first-order valence-corrected chi connectivity index (χ1v) is 8.08. The molecule has 0 saturated carbocycles. The lowest BCUT2D eigenvalue weighted by Crippen LogP contribution is -2.31. The molecule has 1 unspecified atom stereocenters. The van der Waals surface area contributed by atoms with Gasteiger partial charge in [0.2, 0.25) is 5.91 Å². The van der Waals surface area contributed by atoms with Crippen LogP contribution in [0.25, 0.3) is 17.1 Å². The largest absolute Gasteiger partial charge is 0.481 e. The molecule has 1 aromatic carbocycles. The van der Waals surface area contributed by atoms with Crippen molar-refractivity contribution in [3.05, 3.63) is 41.7 Å². The van der Waals surface area contributed by atoms with E-state index < -0.39 is 5.97 Å². The summed E-state index contributed by atoms with van der Waals surface area (Å²) in [4.78, 5) is 32.2. The summed E-state index contributed by atoms with van der Waals surface area (Å²) in [5.74, 6) is -1.24. The quantitative estimate of drug-likeness (QED) is 0.796. The number of hydrogen-bond donors (Lipinski definition) is 2. The molecule has 124 valence electrons. The van der Waals surface area contributed by atoms with Crippen LogP contribution in [0.1, 0.15) is 43.0 Å². The Balaban J connectivity index is 1.69. The first-order chi connectivity index (χ1) is 11.6. The number of carbonyl (C=O) groups is 2. The number of fused-ring (bicyclic) bond motifs is 2. The summed E-state index contributed by atoms with van der Waals surface area (Å²) in [6.07, 6.45) is 5.78. The predicted octanol–water partition coefficient (Wildman–Crippen LogP) is 2.50. The minimum atomic E-state index is -0.810. The van der Waals surface area contributed by atoms with Gasteiger partial charge in [0.1, 0.15) is 0 Å². The van der Waals surface area contributed by atoms with Crippen LogP contribution in [0, 0.1) is 0 Å². The minimum Gasteiger partial charge on any atom is -0.481 e. The Hall–Kier alpha value is -2.76. The number of amides is 1. The van der Waals surface area contributed by atoms with Gasteiger partial charge in [-0.3, -0.25) is 9.59 Å². The summed E-state index contributed by atoms with van der Waals surface area (Å²) in [5, 5.41) is 11.5. The molecule has 0 radical (unpaired) electrons. The van der Waals surface area contributed by atoms with E-state index in [4.69, 9.17) is 5.11 Å². The molecule has 1 atom stereocenters. The summed E-state index contributed by atoms with van der Waals surface area (Å²) >= 11 is 0. The number of nitrogens with zero attached hydrogens (tertiary/aromatic N) is 2. The third-order valence-electron chi connectivity index (χ3n) is 4.04. The standard InChI is InChI=1S/C18H19N3O3/c22-16(23)10-3-4-11-19-18(24)12-6-5-9-15-17(12)21-14-8-2-1-7-13(14)20-15/h1-2,5,7-9,12H,3-4,6,10-11H2,(H,19,24)(H,22,23). The summed E-state index contributed by atoms with van der Waals surface area (Å²) in [5.41, 5.74) is 3.05. The van der Waals surface area contributed by atoms with E-state index in [0.717, 1.165) is 16.7 Å². The van der Waals surface area contributed by atoms with E-state index in [2.05, 4.69) is 15.3 Å². The molecular formula is C18H19N3O3. The number of unbranched alkanes of at least 4 members (excludes halogenated alkanes) is 1. The third-order valence-corrected chi connectivity index (χ3v) is 4.04. The number of hydrogen-bond acceptors (Lipinski definition) is 4. The van der Waals surface area contributed by atoms with E-state index in [0.29, 0.717) is 31.5 Å². The van der Waals surface area contributed by atoms with Crippen molar-refractivity contribution in [3.8, 4) is 0 Å². The molecule has 1 amide bonds. The highest BCUT2D eigenvalue weighted by Crippen LogP contribution is 2.28. The zero-order chi connectivity index (χ0) is 16.9. The van der Waals surface area contributed by atoms with Gasteiger partial charge in [0.05, 0.1) is 28.3 Å². The normalized spacial score (nSPS) is 15.9. The van der Waals surface area contributed by atoms with Crippen LogP contribution in [0.2, 0.25) is 0 Å². The molecular weight excluding hydrogens is 306 g/mol. The maximum absolute atomic E-state index is 12.5. The molecule has 6 heteroatoms. The SMILES string of the molecule is O=C(O)CCCCNC(=O)C1CC=Cc2nc3ccccc3nc21. The van der Waals surface area contributed by atoms with E-state index in [-0.39, 0.29) is 18.2 Å². The van der Waals surface area contributed by atoms with Crippen molar-refractivity contribution in [3.63, 3.8) is 0 Å². The van der Waals surface area contributed by atoms with Crippen LogP contribution < -0.4 is 5.32 Å². The van der Waals surface area contributed by atoms with Crippen molar-refractivity contribution in [1.82, 2.24) is 15.3 Å². The fourth-order valence-electron chi connectivity index (χ4n) is 2.80. The number of benzene rings is 1.